The van der Waals surface area contributed by atoms with Crippen LogP contribution in [-0.2, 0) is 22.7 Å². The first-order valence-electron chi connectivity index (χ1n) is 14.4. The van der Waals surface area contributed by atoms with Crippen molar-refractivity contribution in [2.24, 2.45) is 0 Å². The molecule has 11 nitrogen and oxygen atoms in total. The summed E-state index contributed by atoms with van der Waals surface area (Å²) in [4.78, 5) is 42.2. The van der Waals surface area contributed by atoms with Gasteiger partial charge in [-0.05, 0) is 37.3 Å². The Morgan fingerprint density at radius 3 is 2.52 bits per heavy atom. The minimum atomic E-state index is -1.47. The number of nitrogen functional groups attached to an aromatic ring is 1. The molecule has 0 aliphatic carbocycles. The molecule has 1 aromatic carbocycles. The molecule has 13 heteroatoms. The summed E-state index contributed by atoms with van der Waals surface area (Å²) < 4.78 is 19.0. The van der Waals surface area contributed by atoms with Crippen molar-refractivity contribution in [3.8, 4) is 5.88 Å². The van der Waals surface area contributed by atoms with Crippen molar-refractivity contribution in [1.82, 2.24) is 31.2 Å². The van der Waals surface area contributed by atoms with E-state index in [1.165, 1.54) is 11.8 Å². The third kappa shape index (κ3) is 11.3. The molecule has 2 saturated heterocycles. The summed E-state index contributed by atoms with van der Waals surface area (Å²) in [5.74, 6) is 0.385. The molecule has 2 aliphatic rings. The Morgan fingerprint density at radius 1 is 1.10 bits per heavy atom. The number of hydrogen-bond donors (Lipinski definition) is 5. The topological polar surface area (TPSA) is 160 Å². The van der Waals surface area contributed by atoms with Crippen molar-refractivity contribution >= 4 is 35.6 Å². The number of ether oxygens (including phenoxy) is 1. The molecule has 0 saturated carbocycles. The molecule has 0 spiro atoms. The average Bonchev–Trinajstić information content (AvgIpc) is 3.44. The third-order valence-corrected chi connectivity index (χ3v) is 7.88. The second-order valence-corrected chi connectivity index (χ2v) is 11.4. The number of alkyl halides is 1. The number of nitrogens with one attached hydrogen (secondary N) is 4. The first-order chi connectivity index (χ1) is 20.2. The molecule has 4 amide bonds. The number of fused-ring (bicyclic) bond motifs is 1. The normalized spacial score (nSPS) is 18.6. The van der Waals surface area contributed by atoms with Crippen molar-refractivity contribution in [1.29, 1.82) is 0 Å². The highest BCUT2D eigenvalue weighted by Gasteiger charge is 2.50. The molecule has 2 atom stereocenters. The molecule has 0 bridgehead atoms. The molecule has 2 fully saturated rings. The van der Waals surface area contributed by atoms with E-state index in [1.54, 1.807) is 6.07 Å². The highest BCUT2D eigenvalue weighted by molar-refractivity contribution is 7.99. The first kappa shape index (κ1) is 32.9. The molecule has 230 valence electrons. The van der Waals surface area contributed by atoms with Crippen molar-refractivity contribution < 1.29 is 23.5 Å². The van der Waals surface area contributed by atoms with E-state index < -0.39 is 5.79 Å². The standard InChI is InChI=1S/C24H35N5O3.C5H7FN2OS/c1-3-4-8-21(30)26-14-7-5-6-9-22(31)27-16-19-10-12-20(13-11-19)17-32-23-15-18(2)28-24(25)29-23;6-5-2-10-1-3(5)7-4(9)8-5/h10-13,15H,3-9,14,16-17H2,1-2H3,(H,26,30)(H,27,31)(H2,25,28,29);3H,1-2H2,(H2,7,8,9). The predicted octanol–water partition coefficient (Wildman–Crippen LogP) is 3.51. The van der Waals surface area contributed by atoms with Gasteiger partial charge < -0.3 is 31.7 Å². The molecule has 1 aromatic heterocycles. The Kier molecular flexibility index (Phi) is 13.1. The van der Waals surface area contributed by atoms with Crippen LogP contribution in [0.5, 0.6) is 5.88 Å². The largest absolute Gasteiger partial charge is 0.473 e. The summed E-state index contributed by atoms with van der Waals surface area (Å²) in [5, 5.41) is 10.6. The minimum Gasteiger partial charge on any atom is -0.473 e. The lowest BCUT2D eigenvalue weighted by atomic mass is 10.1. The number of amides is 4. The molecular formula is C29H42FN7O4S. The van der Waals surface area contributed by atoms with Gasteiger partial charge in [-0.2, -0.15) is 16.7 Å². The van der Waals surface area contributed by atoms with E-state index in [4.69, 9.17) is 10.5 Å². The van der Waals surface area contributed by atoms with Crippen LogP contribution in [-0.4, -0.2) is 57.7 Å². The van der Waals surface area contributed by atoms with Crippen molar-refractivity contribution in [2.75, 3.05) is 23.8 Å². The molecule has 2 unspecified atom stereocenters. The van der Waals surface area contributed by atoms with Gasteiger partial charge in [0.1, 0.15) is 6.61 Å². The van der Waals surface area contributed by atoms with Crippen LogP contribution in [0.1, 0.15) is 68.7 Å². The zero-order valence-electron chi connectivity index (χ0n) is 24.3. The smallest absolute Gasteiger partial charge is 0.317 e. The Labute approximate surface area is 250 Å². The average molecular weight is 604 g/mol. The molecule has 2 aromatic rings. The number of unbranched alkanes of at least 4 members (excludes halogenated alkanes) is 3. The van der Waals surface area contributed by atoms with Crippen LogP contribution < -0.4 is 31.7 Å². The maximum absolute atomic E-state index is 13.3. The number of urea groups is 1. The lowest BCUT2D eigenvalue weighted by Crippen LogP contribution is -2.44. The molecule has 0 radical (unpaired) electrons. The Bertz CT molecular complexity index is 1170. The van der Waals surface area contributed by atoms with E-state index in [-0.39, 0.29) is 29.8 Å². The molecule has 2 aliphatic heterocycles. The van der Waals surface area contributed by atoms with Crippen molar-refractivity contribution in [2.45, 2.75) is 83.8 Å². The number of rotatable bonds is 14. The van der Waals surface area contributed by atoms with Crippen LogP contribution in [0.3, 0.4) is 0 Å². The molecule has 3 heterocycles. The number of hydrogen-bond acceptors (Lipinski definition) is 8. The van der Waals surface area contributed by atoms with Gasteiger partial charge in [0.15, 0.2) is 0 Å². The number of aryl methyl sites for hydroxylation is 1. The van der Waals surface area contributed by atoms with Crippen molar-refractivity contribution in [3.05, 3.63) is 47.2 Å². The van der Waals surface area contributed by atoms with Gasteiger partial charge in [-0.1, -0.05) is 44.0 Å². The van der Waals surface area contributed by atoms with E-state index in [0.717, 1.165) is 48.9 Å². The van der Waals surface area contributed by atoms with Gasteiger partial charge in [-0.15, -0.1) is 0 Å². The van der Waals surface area contributed by atoms with Gasteiger partial charge in [-0.25, -0.2) is 14.2 Å². The Morgan fingerprint density at radius 2 is 1.81 bits per heavy atom. The Hall–Kier alpha value is -3.61. The van der Waals surface area contributed by atoms with Gasteiger partial charge in [-0.3, -0.25) is 9.59 Å². The maximum atomic E-state index is 13.3. The van der Waals surface area contributed by atoms with Crippen LogP contribution in [0.15, 0.2) is 30.3 Å². The number of halogens is 1. The van der Waals surface area contributed by atoms with E-state index in [0.29, 0.717) is 49.9 Å². The zero-order valence-corrected chi connectivity index (χ0v) is 25.2. The lowest BCUT2D eigenvalue weighted by molar-refractivity contribution is -0.122. The van der Waals surface area contributed by atoms with Crippen LogP contribution in [0.2, 0.25) is 0 Å². The van der Waals surface area contributed by atoms with Crippen molar-refractivity contribution in [3.63, 3.8) is 0 Å². The second-order valence-electron chi connectivity index (χ2n) is 10.4. The maximum Gasteiger partial charge on any atom is 0.317 e. The third-order valence-electron chi connectivity index (χ3n) is 6.68. The summed E-state index contributed by atoms with van der Waals surface area (Å²) >= 11 is 1.51. The Balaban J connectivity index is 0.000000401. The van der Waals surface area contributed by atoms with Crippen LogP contribution in [0, 0.1) is 6.92 Å². The van der Waals surface area contributed by atoms with Crippen LogP contribution >= 0.6 is 11.8 Å². The number of anilines is 1. The van der Waals surface area contributed by atoms with Gasteiger partial charge >= 0.3 is 6.03 Å². The van der Waals surface area contributed by atoms with Gasteiger partial charge in [0, 0.05) is 49.2 Å². The van der Waals surface area contributed by atoms with E-state index in [1.807, 2.05) is 31.2 Å². The van der Waals surface area contributed by atoms with E-state index in [2.05, 4.69) is 38.2 Å². The monoisotopic (exact) mass is 603 g/mol. The number of carbonyl (C=O) groups is 3. The van der Waals surface area contributed by atoms with Crippen LogP contribution in [0.25, 0.3) is 0 Å². The molecular weight excluding hydrogens is 561 g/mol. The second kappa shape index (κ2) is 16.7. The van der Waals surface area contributed by atoms with Gasteiger partial charge in [0.2, 0.25) is 29.4 Å². The zero-order chi connectivity index (χ0) is 30.4. The highest BCUT2D eigenvalue weighted by atomic mass is 32.2. The van der Waals surface area contributed by atoms with Gasteiger partial charge in [0.25, 0.3) is 0 Å². The predicted molar refractivity (Wildman–Crippen MR) is 161 cm³/mol. The lowest BCUT2D eigenvalue weighted by Gasteiger charge is -2.14. The van der Waals surface area contributed by atoms with Crippen LogP contribution in [0.4, 0.5) is 15.1 Å². The fourth-order valence-electron chi connectivity index (χ4n) is 4.30. The summed E-state index contributed by atoms with van der Waals surface area (Å²) in [6.07, 6.45) is 5.70. The van der Waals surface area contributed by atoms with E-state index >= 15 is 0 Å². The number of benzene rings is 1. The summed E-state index contributed by atoms with van der Waals surface area (Å²) in [5.41, 5.74) is 8.41. The summed E-state index contributed by atoms with van der Waals surface area (Å²) in [6, 6.07) is 8.92. The van der Waals surface area contributed by atoms with E-state index in [9.17, 15) is 18.8 Å². The fraction of sp³-hybridized carbons (Fsp3) is 0.552. The fourth-order valence-corrected chi connectivity index (χ4v) is 5.57. The molecule has 42 heavy (non-hydrogen) atoms. The SMILES string of the molecule is CCCCC(=O)NCCCCCC(=O)NCc1ccc(COc2cc(C)nc(N)n2)cc1.O=C1NC2CSCC2(F)N1. The quantitative estimate of drug-likeness (QED) is 0.125. The number of nitrogens with two attached hydrogens (primary N) is 1. The first-order valence-corrected chi connectivity index (χ1v) is 15.5. The number of aromatic nitrogens is 2. The number of nitrogens with zero attached hydrogens (tertiary/aromatic N) is 2. The number of carbonyl (C=O) groups excluding carboxylic acids is 3. The van der Waals surface area contributed by atoms with Gasteiger partial charge in [0.05, 0.1) is 6.04 Å². The molecule has 6 N–H and O–H groups in total. The summed E-state index contributed by atoms with van der Waals surface area (Å²) in [6.45, 7) is 5.47. The number of thioether (sulfide) groups is 1. The highest BCUT2D eigenvalue weighted by Crippen LogP contribution is 2.32. The minimum absolute atomic E-state index is 0.0427. The summed E-state index contributed by atoms with van der Waals surface area (Å²) in [7, 11) is 0. The molecule has 4 rings (SSSR count).